The lowest BCUT2D eigenvalue weighted by Crippen LogP contribution is -2.40. The van der Waals surface area contributed by atoms with Gasteiger partial charge in [0.05, 0.1) is 36.3 Å². The molecule has 0 bridgehead atoms. The Kier molecular flexibility index (Phi) is 7.77. The monoisotopic (exact) mass is 468 g/mol. The molecule has 0 radical (unpaired) electrons. The number of nitrogens with zero attached hydrogens (tertiary/aromatic N) is 1. The van der Waals surface area contributed by atoms with Gasteiger partial charge in [0, 0.05) is 13.1 Å². The van der Waals surface area contributed by atoms with Crippen molar-refractivity contribution < 1.29 is 27.4 Å². The van der Waals surface area contributed by atoms with Gasteiger partial charge in [-0.3, -0.25) is 4.79 Å². The second-order valence-corrected chi connectivity index (χ2v) is 9.30. The molecule has 8 nitrogen and oxygen atoms in total. The zero-order chi connectivity index (χ0) is 22.4. The van der Waals surface area contributed by atoms with Crippen molar-refractivity contribution in [1.82, 2.24) is 9.62 Å². The van der Waals surface area contributed by atoms with Gasteiger partial charge in [-0.2, -0.15) is 4.31 Å². The number of halogens is 1. The van der Waals surface area contributed by atoms with Gasteiger partial charge in [0.15, 0.2) is 6.61 Å². The van der Waals surface area contributed by atoms with E-state index in [1.165, 1.54) is 22.5 Å². The van der Waals surface area contributed by atoms with Gasteiger partial charge in [0.25, 0.3) is 5.91 Å². The van der Waals surface area contributed by atoms with Crippen LogP contribution in [-0.4, -0.2) is 58.7 Å². The van der Waals surface area contributed by atoms with Gasteiger partial charge in [0.1, 0.15) is 11.5 Å². The van der Waals surface area contributed by atoms with Gasteiger partial charge in [-0.1, -0.05) is 23.7 Å². The van der Waals surface area contributed by atoms with E-state index in [-0.39, 0.29) is 34.2 Å². The van der Waals surface area contributed by atoms with E-state index in [4.69, 9.17) is 25.8 Å². The molecule has 1 amide bonds. The highest BCUT2D eigenvalue weighted by atomic mass is 35.5. The predicted molar refractivity (Wildman–Crippen MR) is 116 cm³/mol. The number of ether oxygens (including phenoxy) is 3. The van der Waals surface area contributed by atoms with Crippen LogP contribution in [0.3, 0.4) is 0 Å². The second kappa shape index (κ2) is 10.3. The number of sulfonamides is 1. The number of methoxy groups -OCH3 is 1. The lowest BCUT2D eigenvalue weighted by molar-refractivity contribution is -0.123. The lowest BCUT2D eigenvalue weighted by Gasteiger charge is -2.26. The van der Waals surface area contributed by atoms with Crippen molar-refractivity contribution in [3.05, 3.63) is 53.1 Å². The van der Waals surface area contributed by atoms with Crippen LogP contribution in [-0.2, 0) is 19.6 Å². The number of hydrogen-bond donors (Lipinski definition) is 1. The molecule has 2 aromatic carbocycles. The van der Waals surface area contributed by atoms with Gasteiger partial charge in [0.2, 0.25) is 10.0 Å². The third kappa shape index (κ3) is 5.88. The summed E-state index contributed by atoms with van der Waals surface area (Å²) in [7, 11) is -2.07. The summed E-state index contributed by atoms with van der Waals surface area (Å²) >= 11 is 6.21. The third-order valence-corrected chi connectivity index (χ3v) is 7.05. The number of amides is 1. The first kappa shape index (κ1) is 23.3. The van der Waals surface area contributed by atoms with E-state index in [0.717, 1.165) is 11.3 Å². The number of benzene rings is 2. The van der Waals surface area contributed by atoms with Gasteiger partial charge in [-0.15, -0.1) is 0 Å². The molecular formula is C21H25ClN2O6S. The molecule has 3 rings (SSSR count). The summed E-state index contributed by atoms with van der Waals surface area (Å²) < 4.78 is 42.6. The maximum atomic E-state index is 12.7. The minimum atomic E-state index is -3.66. The zero-order valence-corrected chi connectivity index (χ0v) is 18.9. The first-order valence-corrected chi connectivity index (χ1v) is 11.6. The molecule has 0 aromatic heterocycles. The van der Waals surface area contributed by atoms with Crippen molar-refractivity contribution in [2.75, 3.05) is 40.0 Å². The van der Waals surface area contributed by atoms with E-state index >= 15 is 0 Å². The van der Waals surface area contributed by atoms with Crippen LogP contribution < -0.4 is 14.8 Å². The minimum Gasteiger partial charge on any atom is -0.497 e. The predicted octanol–water partition coefficient (Wildman–Crippen LogP) is 2.63. The second-order valence-electron chi connectivity index (χ2n) is 6.96. The fourth-order valence-electron chi connectivity index (χ4n) is 3.10. The van der Waals surface area contributed by atoms with Crippen LogP contribution in [0.1, 0.15) is 18.5 Å². The topological polar surface area (TPSA) is 94.2 Å². The number of morpholine rings is 1. The summed E-state index contributed by atoms with van der Waals surface area (Å²) in [6.07, 6.45) is 0. The standard InChI is InChI=1S/C21H25ClN2O6S/c1-15(16-3-5-17(28-2)6-4-16)23-21(25)14-30-20-8-7-18(13-19(20)22)31(26,27)24-9-11-29-12-10-24/h3-8,13,15H,9-12,14H2,1-2H3,(H,23,25). The Labute approximate surface area is 187 Å². The molecule has 1 N–H and O–H groups in total. The van der Waals surface area contributed by atoms with Crippen molar-refractivity contribution >= 4 is 27.5 Å². The number of hydrogen-bond acceptors (Lipinski definition) is 6. The van der Waals surface area contributed by atoms with Crippen LogP contribution in [0, 0.1) is 0 Å². The fraction of sp³-hybridized carbons (Fsp3) is 0.381. The highest BCUT2D eigenvalue weighted by molar-refractivity contribution is 7.89. The summed E-state index contributed by atoms with van der Waals surface area (Å²) in [5.41, 5.74) is 0.921. The summed E-state index contributed by atoms with van der Waals surface area (Å²) in [5.74, 6) is 0.638. The maximum Gasteiger partial charge on any atom is 0.258 e. The normalized spacial score (nSPS) is 15.8. The van der Waals surface area contributed by atoms with Crippen molar-refractivity contribution in [2.24, 2.45) is 0 Å². The van der Waals surface area contributed by atoms with Crippen molar-refractivity contribution in [2.45, 2.75) is 17.9 Å². The van der Waals surface area contributed by atoms with Crippen LogP contribution >= 0.6 is 11.6 Å². The molecule has 0 aliphatic carbocycles. The van der Waals surface area contributed by atoms with Crippen molar-refractivity contribution in [3.8, 4) is 11.5 Å². The van der Waals surface area contributed by atoms with E-state index in [0.29, 0.717) is 26.3 Å². The Bertz CT molecular complexity index is 1010. The van der Waals surface area contributed by atoms with Crippen LogP contribution in [0.2, 0.25) is 5.02 Å². The largest absolute Gasteiger partial charge is 0.497 e. The van der Waals surface area contributed by atoms with E-state index in [1.807, 2.05) is 31.2 Å². The Morgan fingerprint density at radius 3 is 2.48 bits per heavy atom. The molecule has 1 aliphatic heterocycles. The van der Waals surface area contributed by atoms with Crippen molar-refractivity contribution in [3.63, 3.8) is 0 Å². The van der Waals surface area contributed by atoms with E-state index < -0.39 is 10.0 Å². The van der Waals surface area contributed by atoms with E-state index in [1.54, 1.807) is 7.11 Å². The number of rotatable bonds is 8. The molecule has 1 atom stereocenters. The molecule has 1 saturated heterocycles. The average Bonchev–Trinajstić information content (AvgIpc) is 2.78. The molecule has 2 aromatic rings. The molecule has 0 spiro atoms. The third-order valence-electron chi connectivity index (χ3n) is 4.86. The molecular weight excluding hydrogens is 444 g/mol. The SMILES string of the molecule is COc1ccc(C(C)NC(=O)COc2ccc(S(=O)(=O)N3CCOCC3)cc2Cl)cc1. The zero-order valence-electron chi connectivity index (χ0n) is 17.3. The molecule has 1 fully saturated rings. The fourth-order valence-corrected chi connectivity index (χ4v) is 4.83. The van der Waals surface area contributed by atoms with Crippen LogP contribution in [0.4, 0.5) is 0 Å². The van der Waals surface area contributed by atoms with Gasteiger partial charge >= 0.3 is 0 Å². The number of nitrogens with one attached hydrogen (secondary N) is 1. The first-order chi connectivity index (χ1) is 14.8. The van der Waals surface area contributed by atoms with Crippen LogP contribution in [0.25, 0.3) is 0 Å². The van der Waals surface area contributed by atoms with Crippen molar-refractivity contribution in [1.29, 1.82) is 0 Å². The summed E-state index contributed by atoms with van der Waals surface area (Å²) in [4.78, 5) is 12.3. The Hall–Kier alpha value is -2.33. The average molecular weight is 469 g/mol. The van der Waals surface area contributed by atoms with Gasteiger partial charge in [-0.05, 0) is 42.8 Å². The molecule has 1 heterocycles. The molecule has 1 unspecified atom stereocenters. The lowest BCUT2D eigenvalue weighted by atomic mass is 10.1. The van der Waals surface area contributed by atoms with Crippen LogP contribution in [0.15, 0.2) is 47.4 Å². The summed E-state index contributed by atoms with van der Waals surface area (Å²) in [6, 6.07) is 11.4. The molecule has 0 saturated carbocycles. The first-order valence-electron chi connectivity index (χ1n) is 9.75. The Morgan fingerprint density at radius 2 is 1.87 bits per heavy atom. The van der Waals surface area contributed by atoms with E-state index in [9.17, 15) is 13.2 Å². The van der Waals surface area contributed by atoms with E-state index in [2.05, 4.69) is 5.32 Å². The molecule has 168 valence electrons. The Morgan fingerprint density at radius 1 is 1.19 bits per heavy atom. The highest BCUT2D eigenvalue weighted by Crippen LogP contribution is 2.29. The number of carbonyl (C=O) groups excluding carboxylic acids is 1. The summed E-state index contributed by atoms with van der Waals surface area (Å²) in [5, 5.41) is 2.96. The highest BCUT2D eigenvalue weighted by Gasteiger charge is 2.27. The molecule has 10 heteroatoms. The number of carbonyl (C=O) groups is 1. The molecule has 31 heavy (non-hydrogen) atoms. The van der Waals surface area contributed by atoms with Crippen LogP contribution in [0.5, 0.6) is 11.5 Å². The minimum absolute atomic E-state index is 0.0735. The Balaban J connectivity index is 1.58. The smallest absolute Gasteiger partial charge is 0.258 e. The maximum absolute atomic E-state index is 12.7. The quantitative estimate of drug-likeness (QED) is 0.640. The van der Waals surface area contributed by atoms with Gasteiger partial charge in [-0.25, -0.2) is 8.42 Å². The van der Waals surface area contributed by atoms with Gasteiger partial charge < -0.3 is 19.5 Å². The molecule has 1 aliphatic rings. The summed E-state index contributed by atoms with van der Waals surface area (Å²) in [6.45, 7) is 2.92.